The number of hydrogen-bond donors (Lipinski definition) is 2. The molecule has 0 bridgehead atoms. The molecule has 0 aliphatic heterocycles. The maximum atomic E-state index is 11.1. The lowest BCUT2D eigenvalue weighted by Crippen LogP contribution is -2.17. The fraction of sp³-hybridized carbons (Fsp3) is 0.500. The van der Waals surface area contributed by atoms with Gasteiger partial charge >= 0.3 is 5.97 Å². The molecule has 0 saturated heterocycles. The summed E-state index contributed by atoms with van der Waals surface area (Å²) in [5, 5.41) is 12.4. The summed E-state index contributed by atoms with van der Waals surface area (Å²) in [6, 6.07) is 5.79. The monoisotopic (exact) mass is 235 g/mol. The highest BCUT2D eigenvalue weighted by Gasteiger charge is 2.11. The van der Waals surface area contributed by atoms with E-state index < -0.39 is 5.97 Å². The molecule has 1 atom stereocenters. The van der Waals surface area contributed by atoms with Crippen LogP contribution in [-0.4, -0.2) is 17.1 Å². The van der Waals surface area contributed by atoms with Crippen molar-refractivity contribution in [2.45, 2.75) is 46.1 Å². The average Bonchev–Trinajstić information content (AvgIpc) is 2.28. The molecule has 94 valence electrons. The molecule has 3 nitrogen and oxygen atoms in total. The molecular weight excluding hydrogens is 214 g/mol. The Labute approximate surface area is 103 Å². The number of carboxylic acid groups (broad SMARTS) is 1. The van der Waals surface area contributed by atoms with Crippen LogP contribution in [0.4, 0.5) is 5.69 Å². The van der Waals surface area contributed by atoms with E-state index in [1.807, 2.05) is 19.1 Å². The van der Waals surface area contributed by atoms with Gasteiger partial charge in [-0.2, -0.15) is 0 Å². The molecule has 1 aromatic rings. The van der Waals surface area contributed by atoms with Crippen LogP contribution >= 0.6 is 0 Å². The zero-order chi connectivity index (χ0) is 12.8. The molecule has 0 heterocycles. The topological polar surface area (TPSA) is 49.3 Å². The Bertz CT molecular complexity index is 388. The van der Waals surface area contributed by atoms with Gasteiger partial charge in [0.25, 0.3) is 0 Å². The first-order valence-electron chi connectivity index (χ1n) is 6.15. The van der Waals surface area contributed by atoms with Crippen molar-refractivity contribution in [3.63, 3.8) is 0 Å². The highest BCUT2D eigenvalue weighted by molar-refractivity contribution is 5.94. The standard InChI is InChI=1S/C14H21NO2/c1-4-5-6-11(3)15-13-8-7-10(2)9-12(13)14(16)17/h7-9,11,15H,4-6H2,1-3H3,(H,16,17). The van der Waals surface area contributed by atoms with Crippen molar-refractivity contribution in [2.24, 2.45) is 0 Å². The number of carboxylic acids is 1. The summed E-state index contributed by atoms with van der Waals surface area (Å²) in [6.45, 7) is 6.14. The highest BCUT2D eigenvalue weighted by Crippen LogP contribution is 2.19. The lowest BCUT2D eigenvalue weighted by atomic mass is 10.1. The second-order valence-corrected chi connectivity index (χ2v) is 4.54. The maximum Gasteiger partial charge on any atom is 0.337 e. The van der Waals surface area contributed by atoms with Gasteiger partial charge in [0.15, 0.2) is 0 Å². The summed E-state index contributed by atoms with van der Waals surface area (Å²) in [7, 11) is 0. The maximum absolute atomic E-state index is 11.1. The van der Waals surface area contributed by atoms with Crippen molar-refractivity contribution < 1.29 is 9.90 Å². The number of unbranched alkanes of at least 4 members (excludes halogenated alkanes) is 1. The first kappa shape index (κ1) is 13.6. The molecule has 17 heavy (non-hydrogen) atoms. The summed E-state index contributed by atoms with van der Waals surface area (Å²) in [6.07, 6.45) is 3.37. The van der Waals surface area contributed by atoms with E-state index >= 15 is 0 Å². The summed E-state index contributed by atoms with van der Waals surface area (Å²) in [5.74, 6) is -0.876. The Kier molecular flexibility index (Phi) is 5.01. The van der Waals surface area contributed by atoms with Gasteiger partial charge in [0.2, 0.25) is 0 Å². The third-order valence-electron chi connectivity index (χ3n) is 2.80. The third-order valence-corrected chi connectivity index (χ3v) is 2.80. The second kappa shape index (κ2) is 6.28. The van der Waals surface area contributed by atoms with Crippen molar-refractivity contribution >= 4 is 11.7 Å². The van der Waals surface area contributed by atoms with Crippen LogP contribution in [0.2, 0.25) is 0 Å². The summed E-state index contributed by atoms with van der Waals surface area (Å²) in [4.78, 5) is 11.1. The number of carbonyl (C=O) groups is 1. The fourth-order valence-corrected chi connectivity index (χ4v) is 1.81. The van der Waals surface area contributed by atoms with Crippen LogP contribution in [0.15, 0.2) is 18.2 Å². The van der Waals surface area contributed by atoms with Gasteiger partial charge in [-0.15, -0.1) is 0 Å². The zero-order valence-corrected chi connectivity index (χ0v) is 10.8. The Morgan fingerprint density at radius 1 is 1.47 bits per heavy atom. The Hall–Kier alpha value is -1.51. The Morgan fingerprint density at radius 2 is 2.18 bits per heavy atom. The largest absolute Gasteiger partial charge is 0.478 e. The van der Waals surface area contributed by atoms with Crippen LogP contribution in [0.3, 0.4) is 0 Å². The number of anilines is 1. The predicted molar refractivity (Wildman–Crippen MR) is 70.7 cm³/mol. The Morgan fingerprint density at radius 3 is 2.76 bits per heavy atom. The molecule has 0 aliphatic carbocycles. The van der Waals surface area contributed by atoms with Gasteiger partial charge in [-0.1, -0.05) is 31.4 Å². The van der Waals surface area contributed by atoms with Crippen molar-refractivity contribution in [3.05, 3.63) is 29.3 Å². The van der Waals surface area contributed by atoms with Crippen molar-refractivity contribution in [1.82, 2.24) is 0 Å². The minimum absolute atomic E-state index is 0.302. The van der Waals surface area contributed by atoms with E-state index in [2.05, 4.69) is 19.2 Å². The van der Waals surface area contributed by atoms with E-state index in [4.69, 9.17) is 5.11 Å². The zero-order valence-electron chi connectivity index (χ0n) is 10.8. The Balaban J connectivity index is 2.79. The van der Waals surface area contributed by atoms with E-state index in [0.29, 0.717) is 17.3 Å². The number of nitrogens with one attached hydrogen (secondary N) is 1. The molecule has 0 fully saturated rings. The molecular formula is C14H21NO2. The van der Waals surface area contributed by atoms with Crippen LogP contribution in [0.1, 0.15) is 49.0 Å². The quantitative estimate of drug-likeness (QED) is 0.790. The average molecular weight is 235 g/mol. The summed E-state index contributed by atoms with van der Waals surface area (Å²) >= 11 is 0. The van der Waals surface area contributed by atoms with E-state index in [1.165, 1.54) is 0 Å². The molecule has 0 amide bonds. The second-order valence-electron chi connectivity index (χ2n) is 4.54. The van der Waals surface area contributed by atoms with Gasteiger partial charge in [-0.3, -0.25) is 0 Å². The van der Waals surface area contributed by atoms with Gasteiger partial charge < -0.3 is 10.4 Å². The lowest BCUT2D eigenvalue weighted by Gasteiger charge is -2.17. The van der Waals surface area contributed by atoms with Crippen LogP contribution in [-0.2, 0) is 0 Å². The SMILES string of the molecule is CCCCC(C)Nc1ccc(C)cc1C(=O)O. The summed E-state index contributed by atoms with van der Waals surface area (Å²) in [5.41, 5.74) is 2.04. The minimum atomic E-state index is -0.876. The molecule has 0 aliphatic rings. The van der Waals surface area contributed by atoms with Gasteiger partial charge in [-0.25, -0.2) is 4.79 Å². The summed E-state index contributed by atoms with van der Waals surface area (Å²) < 4.78 is 0. The van der Waals surface area contributed by atoms with Crippen molar-refractivity contribution in [3.8, 4) is 0 Å². The first-order valence-corrected chi connectivity index (χ1v) is 6.15. The van der Waals surface area contributed by atoms with E-state index in [1.54, 1.807) is 6.07 Å². The van der Waals surface area contributed by atoms with Crippen molar-refractivity contribution in [2.75, 3.05) is 5.32 Å². The minimum Gasteiger partial charge on any atom is -0.478 e. The van der Waals surface area contributed by atoms with Gasteiger partial charge in [0.05, 0.1) is 5.56 Å². The molecule has 0 aromatic heterocycles. The number of aryl methyl sites for hydroxylation is 1. The van der Waals surface area contributed by atoms with Crippen LogP contribution in [0.5, 0.6) is 0 Å². The van der Waals surface area contributed by atoms with Gasteiger partial charge in [0, 0.05) is 11.7 Å². The first-order chi connectivity index (χ1) is 8.04. The molecule has 2 N–H and O–H groups in total. The molecule has 0 radical (unpaired) electrons. The van der Waals surface area contributed by atoms with Crippen LogP contribution < -0.4 is 5.32 Å². The van der Waals surface area contributed by atoms with Gasteiger partial charge in [-0.05, 0) is 32.4 Å². The van der Waals surface area contributed by atoms with Crippen molar-refractivity contribution in [1.29, 1.82) is 0 Å². The van der Waals surface area contributed by atoms with E-state index in [0.717, 1.165) is 24.8 Å². The number of hydrogen-bond acceptors (Lipinski definition) is 2. The van der Waals surface area contributed by atoms with Crippen LogP contribution in [0, 0.1) is 6.92 Å². The van der Waals surface area contributed by atoms with Gasteiger partial charge in [0.1, 0.15) is 0 Å². The fourth-order valence-electron chi connectivity index (χ4n) is 1.81. The number of aromatic carboxylic acids is 1. The molecule has 1 unspecified atom stereocenters. The normalized spacial score (nSPS) is 12.2. The number of benzene rings is 1. The molecule has 1 aromatic carbocycles. The molecule has 0 saturated carbocycles. The molecule has 1 rings (SSSR count). The predicted octanol–water partition coefficient (Wildman–Crippen LogP) is 3.68. The lowest BCUT2D eigenvalue weighted by molar-refractivity contribution is 0.0698. The smallest absolute Gasteiger partial charge is 0.337 e. The molecule has 0 spiro atoms. The number of rotatable bonds is 6. The molecule has 3 heteroatoms. The van der Waals surface area contributed by atoms with Crippen LogP contribution in [0.25, 0.3) is 0 Å². The highest BCUT2D eigenvalue weighted by atomic mass is 16.4. The van der Waals surface area contributed by atoms with E-state index in [-0.39, 0.29) is 0 Å². The third kappa shape index (κ3) is 4.10. The van der Waals surface area contributed by atoms with E-state index in [9.17, 15) is 4.79 Å².